The summed E-state index contributed by atoms with van der Waals surface area (Å²) in [6, 6.07) is 27.1. The quantitative estimate of drug-likeness (QED) is 0.411. The summed E-state index contributed by atoms with van der Waals surface area (Å²) in [6.07, 6.45) is -0.416. The van der Waals surface area contributed by atoms with Crippen LogP contribution in [0.4, 0.5) is 0 Å². The molecule has 5 heteroatoms. The number of rotatable bonds is 6. The summed E-state index contributed by atoms with van der Waals surface area (Å²) in [5, 5.41) is 11.2. The summed E-state index contributed by atoms with van der Waals surface area (Å²) in [5.74, 6) is 3.25. The Kier molecular flexibility index (Phi) is 6.61. The second kappa shape index (κ2) is 9.38. The summed E-state index contributed by atoms with van der Waals surface area (Å²) in [7, 11) is 6.95. The molecule has 3 aromatic carbocycles. The fraction of sp³-hybridized carbons (Fsp3) is 0.280. The Balaban J connectivity index is 2.00. The van der Waals surface area contributed by atoms with Crippen molar-refractivity contribution in [1.29, 1.82) is 0 Å². The highest BCUT2D eigenvalue weighted by Gasteiger charge is 2.48. The first-order valence-corrected chi connectivity index (χ1v) is 12.5. The van der Waals surface area contributed by atoms with Crippen LogP contribution in [-0.2, 0) is 5.41 Å². The smallest absolute Gasteiger partial charge is 0.118 e. The lowest BCUT2D eigenvalue weighted by molar-refractivity contribution is 0.112. The van der Waals surface area contributed by atoms with Crippen molar-refractivity contribution in [2.24, 2.45) is 5.92 Å². The van der Waals surface area contributed by atoms with Crippen molar-refractivity contribution in [3.05, 3.63) is 95.6 Å². The summed E-state index contributed by atoms with van der Waals surface area (Å²) >= 11 is 0. The third kappa shape index (κ3) is 3.82. The van der Waals surface area contributed by atoms with E-state index < -0.39 is 11.5 Å². The first kappa shape index (κ1) is 21.2. The maximum Gasteiger partial charge on any atom is 0.118 e. The molecular formula is C25H26O3S2. The van der Waals surface area contributed by atoms with Gasteiger partial charge in [-0.1, -0.05) is 76.2 Å². The van der Waals surface area contributed by atoms with Gasteiger partial charge in [0.25, 0.3) is 0 Å². The van der Waals surface area contributed by atoms with Gasteiger partial charge in [0, 0.05) is 17.4 Å². The molecule has 0 amide bonds. The van der Waals surface area contributed by atoms with Crippen molar-refractivity contribution in [3.8, 4) is 11.5 Å². The second-order valence-corrected chi connectivity index (χ2v) is 9.93. The Hall–Kier alpha value is -2.08. The van der Waals surface area contributed by atoms with Crippen LogP contribution in [0.1, 0.15) is 16.7 Å². The molecule has 0 aliphatic carbocycles. The first-order valence-electron chi connectivity index (χ1n) is 9.97. The predicted molar refractivity (Wildman–Crippen MR) is 127 cm³/mol. The molecule has 2 atom stereocenters. The van der Waals surface area contributed by atoms with Crippen LogP contribution in [0.3, 0.4) is 0 Å². The summed E-state index contributed by atoms with van der Waals surface area (Å²) < 4.78 is 10.8. The van der Waals surface area contributed by atoms with Gasteiger partial charge in [-0.2, -0.15) is 0 Å². The highest BCUT2D eigenvalue weighted by atomic mass is 33.1. The average Bonchev–Trinajstić information content (AvgIpc) is 2.82. The molecule has 3 aromatic rings. The summed E-state index contributed by atoms with van der Waals surface area (Å²) in [6.45, 7) is 0. The molecule has 2 unspecified atom stereocenters. The van der Waals surface area contributed by atoms with Gasteiger partial charge in [0.1, 0.15) is 11.5 Å². The number of ether oxygens (including phenoxy) is 2. The van der Waals surface area contributed by atoms with Gasteiger partial charge in [0.05, 0.1) is 25.7 Å². The van der Waals surface area contributed by atoms with Crippen LogP contribution in [0.5, 0.6) is 11.5 Å². The molecule has 0 radical (unpaired) electrons. The lowest BCUT2D eigenvalue weighted by Gasteiger charge is -2.46. The van der Waals surface area contributed by atoms with Gasteiger partial charge in [-0.25, -0.2) is 0 Å². The molecule has 1 heterocycles. The molecule has 0 bridgehead atoms. The molecule has 0 saturated carbocycles. The van der Waals surface area contributed by atoms with Crippen molar-refractivity contribution in [1.82, 2.24) is 0 Å². The van der Waals surface area contributed by atoms with Gasteiger partial charge in [0.2, 0.25) is 0 Å². The maximum atomic E-state index is 11.2. The van der Waals surface area contributed by atoms with Gasteiger partial charge >= 0.3 is 0 Å². The number of hydrogen-bond acceptors (Lipinski definition) is 5. The second-order valence-electron chi connectivity index (χ2n) is 7.37. The molecule has 4 rings (SSSR count). The van der Waals surface area contributed by atoms with E-state index >= 15 is 0 Å². The molecule has 0 aromatic heterocycles. The highest BCUT2D eigenvalue weighted by Crippen LogP contribution is 2.51. The van der Waals surface area contributed by atoms with Gasteiger partial charge in [-0.05, 0) is 41.0 Å². The summed E-state index contributed by atoms with van der Waals surface area (Å²) in [4.78, 5) is 0. The number of benzene rings is 3. The minimum Gasteiger partial charge on any atom is -0.497 e. The van der Waals surface area contributed by atoms with E-state index in [0.717, 1.165) is 34.1 Å². The predicted octanol–water partition coefficient (Wildman–Crippen LogP) is 5.41. The van der Waals surface area contributed by atoms with Crippen LogP contribution in [0, 0.1) is 5.92 Å². The Bertz CT molecular complexity index is 895. The van der Waals surface area contributed by atoms with Gasteiger partial charge in [0.15, 0.2) is 0 Å². The van der Waals surface area contributed by atoms with Crippen LogP contribution in [-0.4, -0.2) is 36.9 Å². The van der Waals surface area contributed by atoms with E-state index in [1.165, 1.54) is 5.56 Å². The fourth-order valence-electron chi connectivity index (χ4n) is 4.43. The number of aliphatic hydroxyl groups excluding tert-OH is 1. The summed E-state index contributed by atoms with van der Waals surface area (Å²) in [5.41, 5.74) is 2.98. The largest absolute Gasteiger partial charge is 0.497 e. The van der Waals surface area contributed by atoms with Crippen molar-refractivity contribution in [2.75, 3.05) is 25.7 Å². The minimum absolute atomic E-state index is 0.0212. The van der Waals surface area contributed by atoms with Crippen LogP contribution in [0.2, 0.25) is 0 Å². The van der Waals surface area contributed by atoms with E-state index in [2.05, 4.69) is 48.5 Å². The standard InChI is InChI=1S/C25H26O3S2/c1-27-21-12-8-19(9-13-21)25(18-6-4-3-5-7-18,23-16-29-30-17-24(23)26)20-10-14-22(28-2)15-11-20/h3-15,23-24,26H,16-17H2,1-2H3. The SMILES string of the molecule is COc1ccc(C(c2ccccc2)(c2ccc(OC)cc2)C2CSSCC2O)cc1. The van der Waals surface area contributed by atoms with Gasteiger partial charge in [-0.3, -0.25) is 0 Å². The zero-order chi connectivity index (χ0) is 21.0. The molecule has 3 nitrogen and oxygen atoms in total. The topological polar surface area (TPSA) is 38.7 Å². The van der Waals surface area contributed by atoms with Crippen molar-refractivity contribution in [3.63, 3.8) is 0 Å². The van der Waals surface area contributed by atoms with Crippen molar-refractivity contribution < 1.29 is 14.6 Å². The van der Waals surface area contributed by atoms with E-state index in [-0.39, 0.29) is 5.92 Å². The molecule has 156 valence electrons. The third-order valence-corrected chi connectivity index (χ3v) is 8.37. The van der Waals surface area contributed by atoms with Crippen LogP contribution in [0.25, 0.3) is 0 Å². The van der Waals surface area contributed by atoms with Crippen LogP contribution >= 0.6 is 21.6 Å². The molecule has 0 spiro atoms. The van der Waals surface area contributed by atoms with E-state index in [0.29, 0.717) is 0 Å². The molecule has 1 N–H and O–H groups in total. The molecule has 1 aliphatic rings. The molecular weight excluding hydrogens is 412 g/mol. The Morgan fingerprint density at radius 2 is 1.17 bits per heavy atom. The Labute approximate surface area is 186 Å². The van der Waals surface area contributed by atoms with Crippen LogP contribution < -0.4 is 9.47 Å². The van der Waals surface area contributed by atoms with E-state index in [1.807, 2.05) is 41.1 Å². The lowest BCUT2D eigenvalue weighted by Crippen LogP contribution is -2.47. The van der Waals surface area contributed by atoms with E-state index in [4.69, 9.17) is 9.47 Å². The lowest BCUT2D eigenvalue weighted by atomic mass is 9.61. The number of aliphatic hydroxyl groups is 1. The zero-order valence-corrected chi connectivity index (χ0v) is 18.8. The minimum atomic E-state index is -0.493. The number of hydrogen-bond donors (Lipinski definition) is 1. The van der Waals surface area contributed by atoms with Crippen molar-refractivity contribution in [2.45, 2.75) is 11.5 Å². The molecule has 1 fully saturated rings. The van der Waals surface area contributed by atoms with Crippen molar-refractivity contribution >= 4 is 21.6 Å². The monoisotopic (exact) mass is 438 g/mol. The zero-order valence-electron chi connectivity index (χ0n) is 17.2. The van der Waals surface area contributed by atoms with Gasteiger partial charge in [-0.15, -0.1) is 0 Å². The fourth-order valence-corrected chi connectivity index (χ4v) is 7.05. The average molecular weight is 439 g/mol. The molecule has 1 aliphatic heterocycles. The Morgan fingerprint density at radius 1 is 0.700 bits per heavy atom. The van der Waals surface area contributed by atoms with Gasteiger partial charge < -0.3 is 14.6 Å². The highest BCUT2D eigenvalue weighted by molar-refractivity contribution is 8.76. The van der Waals surface area contributed by atoms with E-state index in [1.54, 1.807) is 25.0 Å². The first-order chi connectivity index (χ1) is 14.7. The number of methoxy groups -OCH3 is 2. The van der Waals surface area contributed by atoms with E-state index in [9.17, 15) is 5.11 Å². The molecule has 30 heavy (non-hydrogen) atoms. The maximum absolute atomic E-state index is 11.2. The third-order valence-electron chi connectivity index (χ3n) is 5.91. The normalized spacial score (nSPS) is 19.3. The van der Waals surface area contributed by atoms with Crippen LogP contribution in [0.15, 0.2) is 78.9 Å². The molecule has 1 saturated heterocycles. The Morgan fingerprint density at radius 3 is 1.63 bits per heavy atom.